The van der Waals surface area contributed by atoms with E-state index in [0.717, 1.165) is 22.7 Å². The Hall–Kier alpha value is -0.970. The summed E-state index contributed by atoms with van der Waals surface area (Å²) in [7, 11) is 0. The minimum absolute atomic E-state index is 0.0441. The first-order chi connectivity index (χ1) is 6.67. The summed E-state index contributed by atoms with van der Waals surface area (Å²) in [4.78, 5) is 0. The van der Waals surface area contributed by atoms with Crippen LogP contribution in [0.2, 0.25) is 5.02 Å². The van der Waals surface area contributed by atoms with Gasteiger partial charge in [0, 0.05) is 5.02 Å². The predicted molar refractivity (Wildman–Crippen MR) is 61.4 cm³/mol. The molecule has 14 heavy (non-hydrogen) atoms. The van der Waals surface area contributed by atoms with Gasteiger partial charge in [-0.2, -0.15) is 0 Å². The Morgan fingerprint density at radius 3 is 2.71 bits per heavy atom. The van der Waals surface area contributed by atoms with Crippen molar-refractivity contribution in [3.05, 3.63) is 34.3 Å². The highest BCUT2D eigenvalue weighted by molar-refractivity contribution is 6.30. The van der Waals surface area contributed by atoms with E-state index in [1.165, 1.54) is 0 Å². The molecule has 0 aliphatic heterocycles. The smallest absolute Gasteiger partial charge is 0.0943 e. The van der Waals surface area contributed by atoms with Crippen LogP contribution in [-0.4, -0.2) is 6.54 Å². The van der Waals surface area contributed by atoms with Gasteiger partial charge in [0.1, 0.15) is 0 Å². The van der Waals surface area contributed by atoms with Crippen molar-refractivity contribution in [1.82, 2.24) is 5.32 Å². The molecule has 0 bridgehead atoms. The first-order valence-electron chi connectivity index (χ1n) is 4.64. The van der Waals surface area contributed by atoms with Crippen molar-refractivity contribution in [2.24, 2.45) is 0 Å². The van der Waals surface area contributed by atoms with Gasteiger partial charge in [-0.3, -0.25) is 0 Å². The third-order valence-corrected chi connectivity index (χ3v) is 2.19. The largest absolute Gasteiger partial charge is 0.300 e. The van der Waals surface area contributed by atoms with E-state index in [0.29, 0.717) is 0 Å². The molecule has 0 saturated carbocycles. The minimum Gasteiger partial charge on any atom is -0.300 e. The molecule has 0 amide bonds. The molecule has 1 aromatic carbocycles. The van der Waals surface area contributed by atoms with Crippen LogP contribution >= 0.6 is 11.6 Å². The van der Waals surface area contributed by atoms with E-state index < -0.39 is 0 Å². The van der Waals surface area contributed by atoms with Crippen LogP contribution in [0.5, 0.6) is 0 Å². The average molecular weight is 208 g/mol. The summed E-state index contributed by atoms with van der Waals surface area (Å²) in [6.45, 7) is 4.89. The van der Waals surface area contributed by atoms with Crippen LogP contribution in [-0.2, 0) is 0 Å². The maximum Gasteiger partial charge on any atom is 0.0943 e. The van der Waals surface area contributed by atoms with Crippen LogP contribution in [0.4, 0.5) is 0 Å². The van der Waals surface area contributed by atoms with E-state index in [-0.39, 0.29) is 6.04 Å². The number of benzene rings is 1. The molecule has 0 radical (unpaired) electrons. The van der Waals surface area contributed by atoms with Crippen molar-refractivity contribution >= 4 is 11.6 Å². The van der Waals surface area contributed by atoms with Gasteiger partial charge in [0.15, 0.2) is 0 Å². The van der Waals surface area contributed by atoms with Gasteiger partial charge in [-0.15, -0.1) is 6.42 Å². The Kier molecular flexibility index (Phi) is 4.00. The minimum atomic E-state index is -0.0441. The van der Waals surface area contributed by atoms with E-state index >= 15 is 0 Å². The highest BCUT2D eigenvalue weighted by atomic mass is 35.5. The van der Waals surface area contributed by atoms with Crippen LogP contribution in [0.15, 0.2) is 18.2 Å². The summed E-state index contributed by atoms with van der Waals surface area (Å²) in [6.07, 6.45) is 5.44. The molecule has 1 nitrogen and oxygen atoms in total. The molecule has 0 fully saturated rings. The third kappa shape index (κ3) is 2.77. The normalized spacial score (nSPS) is 12.1. The zero-order valence-electron chi connectivity index (χ0n) is 8.47. The molecule has 0 saturated heterocycles. The Morgan fingerprint density at radius 1 is 1.50 bits per heavy atom. The van der Waals surface area contributed by atoms with Crippen LogP contribution in [0.3, 0.4) is 0 Å². The van der Waals surface area contributed by atoms with Crippen LogP contribution < -0.4 is 5.32 Å². The average Bonchev–Trinajstić information content (AvgIpc) is 2.12. The number of terminal acetylenes is 1. The number of hydrogen-bond acceptors (Lipinski definition) is 1. The van der Waals surface area contributed by atoms with Crippen molar-refractivity contribution in [2.75, 3.05) is 6.54 Å². The first-order valence-corrected chi connectivity index (χ1v) is 5.01. The van der Waals surface area contributed by atoms with E-state index in [2.05, 4.69) is 17.3 Å². The SMILES string of the molecule is C#CC(NCC)c1cc(C)cc(Cl)c1. The molecule has 0 heterocycles. The topological polar surface area (TPSA) is 12.0 Å². The molecule has 0 aromatic heterocycles. The van der Waals surface area contributed by atoms with Crippen LogP contribution in [0, 0.1) is 19.3 Å². The summed E-state index contributed by atoms with van der Waals surface area (Å²) in [5.41, 5.74) is 2.19. The Balaban J connectivity index is 2.99. The second-order valence-electron chi connectivity index (χ2n) is 3.22. The molecule has 1 atom stereocenters. The van der Waals surface area contributed by atoms with Crippen molar-refractivity contribution in [3.63, 3.8) is 0 Å². The number of halogens is 1. The fraction of sp³-hybridized carbons (Fsp3) is 0.333. The summed E-state index contributed by atoms with van der Waals surface area (Å²) < 4.78 is 0. The van der Waals surface area contributed by atoms with Gasteiger partial charge < -0.3 is 5.32 Å². The monoisotopic (exact) mass is 207 g/mol. The molecule has 0 aliphatic rings. The molecular formula is C12H14ClN. The van der Waals surface area contributed by atoms with E-state index in [9.17, 15) is 0 Å². The van der Waals surface area contributed by atoms with Crippen molar-refractivity contribution in [1.29, 1.82) is 0 Å². The molecule has 1 N–H and O–H groups in total. The fourth-order valence-corrected chi connectivity index (χ4v) is 1.71. The summed E-state index contributed by atoms with van der Waals surface area (Å²) in [6, 6.07) is 5.84. The molecule has 1 rings (SSSR count). The lowest BCUT2D eigenvalue weighted by Crippen LogP contribution is -2.19. The first kappa shape index (κ1) is 11.1. The molecule has 1 aromatic rings. The standard InChI is InChI=1S/C12H14ClN/c1-4-12(14-5-2)10-6-9(3)7-11(13)8-10/h1,6-8,12,14H,5H2,2-3H3. The van der Waals surface area contributed by atoms with Gasteiger partial charge in [-0.25, -0.2) is 0 Å². The molecular weight excluding hydrogens is 194 g/mol. The second kappa shape index (κ2) is 5.05. The Bertz CT molecular complexity index is 332. The number of hydrogen-bond donors (Lipinski definition) is 1. The van der Waals surface area contributed by atoms with Gasteiger partial charge in [0.25, 0.3) is 0 Å². The number of rotatable bonds is 3. The maximum absolute atomic E-state index is 5.95. The highest BCUT2D eigenvalue weighted by Crippen LogP contribution is 2.19. The lowest BCUT2D eigenvalue weighted by molar-refractivity contribution is 0.664. The molecule has 1 unspecified atom stereocenters. The highest BCUT2D eigenvalue weighted by Gasteiger charge is 2.07. The molecule has 0 spiro atoms. The third-order valence-electron chi connectivity index (χ3n) is 1.97. The fourth-order valence-electron chi connectivity index (χ4n) is 1.41. The van der Waals surface area contributed by atoms with Gasteiger partial charge in [-0.05, 0) is 36.7 Å². The van der Waals surface area contributed by atoms with Gasteiger partial charge in [0.05, 0.1) is 6.04 Å². The lowest BCUT2D eigenvalue weighted by atomic mass is 10.1. The summed E-state index contributed by atoms with van der Waals surface area (Å²) in [5, 5.41) is 3.94. The van der Waals surface area contributed by atoms with Crippen molar-refractivity contribution in [2.45, 2.75) is 19.9 Å². The molecule has 2 heteroatoms. The van der Waals surface area contributed by atoms with Crippen molar-refractivity contribution < 1.29 is 0 Å². The quantitative estimate of drug-likeness (QED) is 0.752. The van der Waals surface area contributed by atoms with Crippen LogP contribution in [0.25, 0.3) is 0 Å². The summed E-state index contributed by atoms with van der Waals surface area (Å²) in [5.74, 6) is 2.70. The van der Waals surface area contributed by atoms with Gasteiger partial charge in [0.2, 0.25) is 0 Å². The Morgan fingerprint density at radius 2 is 2.21 bits per heavy atom. The number of aryl methyl sites for hydroxylation is 1. The summed E-state index contributed by atoms with van der Waals surface area (Å²) >= 11 is 5.95. The predicted octanol–water partition coefficient (Wildman–Crippen LogP) is 2.93. The molecule has 74 valence electrons. The zero-order chi connectivity index (χ0) is 10.6. The second-order valence-corrected chi connectivity index (χ2v) is 3.66. The lowest BCUT2D eigenvalue weighted by Gasteiger charge is -2.12. The Labute approximate surface area is 90.5 Å². The van der Waals surface area contributed by atoms with E-state index in [1.54, 1.807) is 0 Å². The van der Waals surface area contributed by atoms with E-state index in [4.69, 9.17) is 18.0 Å². The zero-order valence-corrected chi connectivity index (χ0v) is 9.23. The van der Waals surface area contributed by atoms with Gasteiger partial charge in [-0.1, -0.05) is 30.5 Å². The number of nitrogens with one attached hydrogen (secondary N) is 1. The van der Waals surface area contributed by atoms with Crippen molar-refractivity contribution in [3.8, 4) is 12.3 Å². The van der Waals surface area contributed by atoms with Gasteiger partial charge >= 0.3 is 0 Å². The van der Waals surface area contributed by atoms with Crippen LogP contribution in [0.1, 0.15) is 24.1 Å². The van der Waals surface area contributed by atoms with E-state index in [1.807, 2.05) is 26.0 Å². The molecule has 0 aliphatic carbocycles. The maximum atomic E-state index is 5.95.